The molecule has 2 rings (SSSR count). The summed E-state index contributed by atoms with van der Waals surface area (Å²) in [5.74, 6) is 0. The number of hydrogen-bond acceptors (Lipinski definition) is 2. The highest BCUT2D eigenvalue weighted by Gasteiger charge is 2.39. The lowest BCUT2D eigenvalue weighted by Gasteiger charge is -2.23. The molecule has 5 atom stereocenters. The van der Waals surface area contributed by atoms with E-state index in [-0.39, 0.29) is 24.4 Å². The molecule has 2 aliphatic rings. The van der Waals surface area contributed by atoms with Gasteiger partial charge in [0.2, 0.25) is 0 Å². The van der Waals surface area contributed by atoms with Crippen LogP contribution >= 0.6 is 31.9 Å². The fourth-order valence-electron chi connectivity index (χ4n) is 2.59. The molecule has 0 aromatic heterocycles. The molecule has 0 radical (unpaired) electrons. The molecule has 0 spiro atoms. The standard InChI is InChI=1S/C15H20Br2O2/c1-2-12(17)14-10-15-13(19-14)8-4-3-6-11(18-15)7-5-9-16/h3-4,7,9,11-15H,2,6,8,10H2,1H3/b4-3-/t5?,11-,12?,13-,14-,15-/m1/s1. The van der Waals surface area contributed by atoms with Gasteiger partial charge in [0.25, 0.3) is 0 Å². The van der Waals surface area contributed by atoms with Gasteiger partial charge in [-0.15, -0.1) is 5.73 Å². The SMILES string of the molecule is CCC(Br)[C@H]1C[C@H]2O[C@@H](C=C=CBr)C/C=C\C[C@H]2O1. The molecular weight excluding hydrogens is 372 g/mol. The van der Waals surface area contributed by atoms with E-state index in [0.29, 0.717) is 4.83 Å². The summed E-state index contributed by atoms with van der Waals surface area (Å²) in [7, 11) is 0. The number of fused-ring (bicyclic) bond motifs is 1. The highest BCUT2D eigenvalue weighted by Crippen LogP contribution is 2.33. The quantitative estimate of drug-likeness (QED) is 0.401. The van der Waals surface area contributed by atoms with Gasteiger partial charge in [-0.05, 0) is 25.3 Å². The van der Waals surface area contributed by atoms with Crippen LogP contribution in [0.4, 0.5) is 0 Å². The van der Waals surface area contributed by atoms with Crippen LogP contribution in [0.3, 0.4) is 0 Å². The number of alkyl halides is 1. The van der Waals surface area contributed by atoms with Gasteiger partial charge in [0.05, 0.1) is 24.4 Å². The highest BCUT2D eigenvalue weighted by molar-refractivity contribution is 9.11. The molecule has 19 heavy (non-hydrogen) atoms. The zero-order valence-electron chi connectivity index (χ0n) is 11.1. The van der Waals surface area contributed by atoms with Crippen LogP contribution in [0.2, 0.25) is 0 Å². The smallest absolute Gasteiger partial charge is 0.0876 e. The van der Waals surface area contributed by atoms with Crippen LogP contribution in [0.5, 0.6) is 0 Å². The van der Waals surface area contributed by atoms with Gasteiger partial charge in [-0.25, -0.2) is 0 Å². The van der Waals surface area contributed by atoms with Crippen molar-refractivity contribution >= 4 is 31.9 Å². The van der Waals surface area contributed by atoms with Crippen LogP contribution in [-0.4, -0.2) is 29.2 Å². The Morgan fingerprint density at radius 2 is 2.11 bits per heavy atom. The van der Waals surface area contributed by atoms with Gasteiger partial charge < -0.3 is 9.47 Å². The molecular formula is C15H20Br2O2. The Kier molecular flexibility index (Phi) is 6.37. The summed E-state index contributed by atoms with van der Waals surface area (Å²) in [6.45, 7) is 2.18. The zero-order valence-corrected chi connectivity index (χ0v) is 14.3. The minimum absolute atomic E-state index is 0.0932. The van der Waals surface area contributed by atoms with E-state index in [2.05, 4.69) is 56.7 Å². The second-order valence-electron chi connectivity index (χ2n) is 4.97. The van der Waals surface area contributed by atoms with Crippen molar-refractivity contribution < 1.29 is 9.47 Å². The highest BCUT2D eigenvalue weighted by atomic mass is 79.9. The average Bonchev–Trinajstić information content (AvgIpc) is 2.78. The summed E-state index contributed by atoms with van der Waals surface area (Å²) < 4.78 is 12.3. The molecule has 0 bridgehead atoms. The Bertz CT molecular complexity index is 374. The second-order valence-corrected chi connectivity index (χ2v) is 6.61. The first kappa shape index (κ1) is 15.5. The number of rotatable bonds is 3. The largest absolute Gasteiger partial charge is 0.371 e. The van der Waals surface area contributed by atoms with E-state index in [1.807, 2.05) is 6.08 Å². The molecule has 2 nitrogen and oxygen atoms in total. The summed E-state index contributed by atoms with van der Waals surface area (Å²) in [5, 5.41) is 0. The Labute approximate surface area is 132 Å². The van der Waals surface area contributed by atoms with Gasteiger partial charge in [-0.3, -0.25) is 0 Å². The molecule has 0 N–H and O–H groups in total. The van der Waals surface area contributed by atoms with E-state index in [1.54, 1.807) is 4.99 Å². The van der Waals surface area contributed by atoms with Crippen LogP contribution in [0.15, 0.2) is 28.9 Å². The van der Waals surface area contributed by atoms with E-state index in [4.69, 9.17) is 9.47 Å². The fraction of sp³-hybridized carbons (Fsp3) is 0.667. The second kappa shape index (κ2) is 7.80. The summed E-state index contributed by atoms with van der Waals surface area (Å²) in [5.41, 5.74) is 3.05. The van der Waals surface area contributed by atoms with E-state index >= 15 is 0 Å². The average molecular weight is 392 g/mol. The first-order chi connectivity index (χ1) is 9.24. The number of ether oxygens (including phenoxy) is 2. The van der Waals surface area contributed by atoms with Crippen LogP contribution in [0, 0.1) is 0 Å². The molecule has 0 aliphatic carbocycles. The van der Waals surface area contributed by atoms with Gasteiger partial charge in [-0.2, -0.15) is 0 Å². The summed E-state index contributed by atoms with van der Waals surface area (Å²) in [6.07, 6.45) is 11.0. The lowest BCUT2D eigenvalue weighted by molar-refractivity contribution is -0.0418. The van der Waals surface area contributed by atoms with Crippen molar-refractivity contribution in [2.24, 2.45) is 0 Å². The molecule has 4 heteroatoms. The Hall–Kier alpha value is 0.140. The molecule has 0 amide bonds. The Morgan fingerprint density at radius 3 is 2.84 bits per heavy atom. The topological polar surface area (TPSA) is 18.5 Å². The van der Waals surface area contributed by atoms with Crippen molar-refractivity contribution in [2.75, 3.05) is 0 Å². The third-order valence-electron chi connectivity index (χ3n) is 3.62. The molecule has 2 heterocycles. The maximum Gasteiger partial charge on any atom is 0.0876 e. The third kappa shape index (κ3) is 4.30. The summed E-state index contributed by atoms with van der Waals surface area (Å²) in [4.78, 5) is 2.15. The molecule has 0 saturated carbocycles. The Balaban J connectivity index is 2.04. The van der Waals surface area contributed by atoms with Gasteiger partial charge in [0, 0.05) is 16.2 Å². The first-order valence-corrected chi connectivity index (χ1v) is 8.69. The predicted molar refractivity (Wildman–Crippen MR) is 84.9 cm³/mol. The lowest BCUT2D eigenvalue weighted by Crippen LogP contribution is -2.29. The van der Waals surface area contributed by atoms with Gasteiger partial charge in [0.1, 0.15) is 0 Å². The number of hydrogen-bond donors (Lipinski definition) is 0. The van der Waals surface area contributed by atoms with Gasteiger partial charge >= 0.3 is 0 Å². The van der Waals surface area contributed by atoms with E-state index < -0.39 is 0 Å². The van der Waals surface area contributed by atoms with Crippen molar-refractivity contribution in [3.8, 4) is 0 Å². The van der Waals surface area contributed by atoms with E-state index in [0.717, 1.165) is 25.7 Å². The molecule has 106 valence electrons. The molecule has 1 fully saturated rings. The van der Waals surface area contributed by atoms with Crippen LogP contribution in [0.1, 0.15) is 32.6 Å². The van der Waals surface area contributed by atoms with Crippen molar-refractivity contribution in [3.05, 3.63) is 28.9 Å². The van der Waals surface area contributed by atoms with Gasteiger partial charge in [-0.1, -0.05) is 50.9 Å². The van der Waals surface area contributed by atoms with Crippen molar-refractivity contribution in [1.82, 2.24) is 0 Å². The third-order valence-corrected chi connectivity index (χ3v) is 5.12. The maximum atomic E-state index is 6.19. The molecule has 2 aliphatic heterocycles. The van der Waals surface area contributed by atoms with Crippen LogP contribution < -0.4 is 0 Å². The lowest BCUT2D eigenvalue weighted by atomic mass is 10.0. The maximum absolute atomic E-state index is 6.19. The summed E-state index contributed by atoms with van der Waals surface area (Å²) >= 11 is 6.94. The summed E-state index contributed by atoms with van der Waals surface area (Å²) in [6, 6.07) is 0. The molecule has 1 saturated heterocycles. The van der Waals surface area contributed by atoms with Crippen molar-refractivity contribution in [3.63, 3.8) is 0 Å². The molecule has 0 aromatic carbocycles. The van der Waals surface area contributed by atoms with Crippen molar-refractivity contribution in [2.45, 2.75) is 61.9 Å². The van der Waals surface area contributed by atoms with E-state index in [9.17, 15) is 0 Å². The number of halogens is 2. The fourth-order valence-corrected chi connectivity index (χ4v) is 3.08. The van der Waals surface area contributed by atoms with E-state index in [1.165, 1.54) is 0 Å². The Morgan fingerprint density at radius 1 is 1.32 bits per heavy atom. The van der Waals surface area contributed by atoms with Crippen molar-refractivity contribution in [1.29, 1.82) is 0 Å². The minimum atomic E-state index is 0.0932. The molecule has 1 unspecified atom stereocenters. The monoisotopic (exact) mass is 390 g/mol. The van der Waals surface area contributed by atoms with Crippen LogP contribution in [-0.2, 0) is 9.47 Å². The predicted octanol–water partition coefficient (Wildman–Crippen LogP) is 4.48. The molecule has 0 aromatic rings. The minimum Gasteiger partial charge on any atom is -0.371 e. The van der Waals surface area contributed by atoms with Crippen LogP contribution in [0.25, 0.3) is 0 Å². The van der Waals surface area contributed by atoms with Gasteiger partial charge in [0.15, 0.2) is 0 Å². The first-order valence-electron chi connectivity index (χ1n) is 6.85. The normalized spacial score (nSPS) is 37.4. The zero-order chi connectivity index (χ0) is 13.7.